The van der Waals surface area contributed by atoms with Gasteiger partial charge in [0, 0.05) is 14.9 Å². The Labute approximate surface area is 233 Å². The summed E-state index contributed by atoms with van der Waals surface area (Å²) in [4.78, 5) is 18.1. The van der Waals surface area contributed by atoms with Crippen molar-refractivity contribution < 1.29 is 4.74 Å². The monoisotopic (exact) mass is 679 g/mol. The number of nitrogens with zero attached hydrogens (tertiary/aromatic N) is 3. The Kier molecular flexibility index (Phi) is 7.86. The van der Waals surface area contributed by atoms with Gasteiger partial charge in [-0.25, -0.2) is 4.98 Å². The molecule has 0 spiro atoms. The van der Waals surface area contributed by atoms with Crippen molar-refractivity contribution in [2.24, 2.45) is 5.10 Å². The highest BCUT2D eigenvalue weighted by Crippen LogP contribution is 2.35. The Morgan fingerprint density at radius 3 is 2.31 bits per heavy atom. The zero-order valence-corrected chi connectivity index (χ0v) is 24.7. The molecule has 0 amide bonds. The average molecular weight is 683 g/mol. The molecule has 0 unspecified atom stereocenters. The maximum absolute atomic E-state index is 13.3. The first-order valence-corrected chi connectivity index (χ1v) is 13.4. The van der Waals surface area contributed by atoms with Gasteiger partial charge in [-0.2, -0.15) is 9.78 Å². The number of fused-ring (bicyclic) bond motifs is 1. The summed E-state index contributed by atoms with van der Waals surface area (Å²) in [5.41, 5.74) is 1.81. The molecule has 0 bridgehead atoms. The lowest BCUT2D eigenvalue weighted by molar-refractivity contribution is 0.302. The second-order valence-corrected chi connectivity index (χ2v) is 12.0. The van der Waals surface area contributed by atoms with Crippen molar-refractivity contribution in [3.05, 3.63) is 100 Å². The molecule has 0 fully saturated rings. The summed E-state index contributed by atoms with van der Waals surface area (Å²) in [6.07, 6.45) is 1.64. The number of ether oxygens (including phenoxy) is 1. The largest absolute Gasteiger partial charge is 0.487 e. The molecule has 0 aliphatic rings. The molecule has 0 N–H and O–H groups in total. The highest BCUT2D eigenvalue weighted by molar-refractivity contribution is 9.11. The smallest absolute Gasteiger partial charge is 0.282 e. The van der Waals surface area contributed by atoms with Crippen molar-refractivity contribution in [2.75, 3.05) is 0 Å². The normalized spacial score (nSPS) is 12.0. The molecule has 3 aromatic carbocycles. The van der Waals surface area contributed by atoms with Crippen LogP contribution in [0.4, 0.5) is 0 Å². The molecule has 0 saturated heterocycles. The number of rotatable bonds is 5. The predicted octanol–water partition coefficient (Wildman–Crippen LogP) is 8.10. The minimum absolute atomic E-state index is 0.224. The molecule has 0 radical (unpaired) electrons. The van der Waals surface area contributed by atoms with Gasteiger partial charge in [-0.05, 0) is 85.5 Å². The molecule has 0 aliphatic heterocycles. The summed E-state index contributed by atoms with van der Waals surface area (Å²) in [5.74, 6) is 1.25. The first-order valence-electron chi connectivity index (χ1n) is 10.7. The first-order chi connectivity index (χ1) is 16.5. The molecule has 35 heavy (non-hydrogen) atoms. The second kappa shape index (κ2) is 10.5. The summed E-state index contributed by atoms with van der Waals surface area (Å²) in [6.45, 7) is 6.41. The van der Waals surface area contributed by atoms with Crippen molar-refractivity contribution in [1.29, 1.82) is 0 Å². The maximum atomic E-state index is 13.3. The third-order valence-corrected chi connectivity index (χ3v) is 7.04. The maximum Gasteiger partial charge on any atom is 0.282 e. The van der Waals surface area contributed by atoms with Crippen LogP contribution < -0.4 is 10.3 Å². The number of halogens is 4. The average Bonchev–Trinajstić information content (AvgIpc) is 2.78. The van der Waals surface area contributed by atoms with Gasteiger partial charge in [0.1, 0.15) is 18.2 Å². The SMILES string of the molecule is CC(C)(C)c1nc2ccc(Br)cc2c(=O)n1N=Cc1cc(Br)c(OCc2ccc(Cl)cc2)c(Br)c1. The van der Waals surface area contributed by atoms with E-state index < -0.39 is 5.41 Å². The molecule has 180 valence electrons. The van der Waals surface area contributed by atoms with Gasteiger partial charge < -0.3 is 4.74 Å². The summed E-state index contributed by atoms with van der Waals surface area (Å²) in [5, 5.41) is 5.72. The van der Waals surface area contributed by atoms with Gasteiger partial charge in [0.05, 0.1) is 26.1 Å². The number of benzene rings is 3. The molecular formula is C26H21Br3ClN3O2. The highest BCUT2D eigenvalue weighted by atomic mass is 79.9. The standard InChI is InChI=1S/C26H21Br3ClN3O2/c1-26(2,3)25-32-22-9-6-17(27)12-19(22)24(34)33(25)31-13-16-10-20(28)23(21(29)11-16)35-14-15-4-7-18(30)8-5-15/h4-13H,14H2,1-3H3. The van der Waals surface area contributed by atoms with Crippen LogP contribution in [0.2, 0.25) is 5.02 Å². The molecule has 0 aliphatic carbocycles. The van der Waals surface area contributed by atoms with E-state index in [9.17, 15) is 4.79 Å². The predicted molar refractivity (Wildman–Crippen MR) is 153 cm³/mol. The number of hydrogen-bond acceptors (Lipinski definition) is 4. The fourth-order valence-corrected chi connectivity index (χ4v) is 5.33. The van der Waals surface area contributed by atoms with Crippen LogP contribution in [0.25, 0.3) is 10.9 Å². The molecule has 9 heteroatoms. The Balaban J connectivity index is 1.68. The van der Waals surface area contributed by atoms with Gasteiger partial charge in [0.2, 0.25) is 0 Å². The summed E-state index contributed by atoms with van der Waals surface area (Å²) >= 11 is 16.6. The van der Waals surface area contributed by atoms with Crippen molar-refractivity contribution in [3.8, 4) is 5.75 Å². The Hall–Kier alpha value is -2.00. The van der Waals surface area contributed by atoms with Crippen molar-refractivity contribution in [2.45, 2.75) is 32.8 Å². The van der Waals surface area contributed by atoms with Crippen molar-refractivity contribution >= 4 is 76.5 Å². The van der Waals surface area contributed by atoms with Crippen molar-refractivity contribution in [3.63, 3.8) is 0 Å². The van der Waals surface area contributed by atoms with Crippen LogP contribution in [0.5, 0.6) is 5.75 Å². The van der Waals surface area contributed by atoms with Crippen LogP contribution in [-0.2, 0) is 12.0 Å². The Morgan fingerprint density at radius 1 is 1.03 bits per heavy atom. The fraction of sp³-hybridized carbons (Fsp3) is 0.192. The quantitative estimate of drug-likeness (QED) is 0.200. The zero-order valence-electron chi connectivity index (χ0n) is 19.2. The number of aromatic nitrogens is 2. The fourth-order valence-electron chi connectivity index (χ4n) is 3.39. The van der Waals surface area contributed by atoms with Crippen LogP contribution in [0, 0.1) is 0 Å². The lowest BCUT2D eigenvalue weighted by Gasteiger charge is -2.21. The molecule has 0 saturated carbocycles. The van der Waals surface area contributed by atoms with E-state index in [1.807, 2.05) is 69.3 Å². The lowest BCUT2D eigenvalue weighted by Crippen LogP contribution is -2.29. The van der Waals surface area contributed by atoms with Crippen LogP contribution in [-0.4, -0.2) is 15.9 Å². The summed E-state index contributed by atoms with van der Waals surface area (Å²) in [7, 11) is 0. The van der Waals surface area contributed by atoms with Crippen LogP contribution in [0.15, 0.2) is 77.9 Å². The van der Waals surface area contributed by atoms with Gasteiger partial charge in [0.15, 0.2) is 0 Å². The van der Waals surface area contributed by atoms with Crippen molar-refractivity contribution in [1.82, 2.24) is 9.66 Å². The van der Waals surface area contributed by atoms with E-state index in [0.717, 1.165) is 24.5 Å². The molecule has 4 aromatic rings. The van der Waals surface area contributed by atoms with E-state index in [0.29, 0.717) is 34.1 Å². The van der Waals surface area contributed by atoms with Crippen LogP contribution >= 0.6 is 59.4 Å². The first kappa shape index (κ1) is 26.1. The zero-order chi connectivity index (χ0) is 25.3. The molecule has 1 aromatic heterocycles. The lowest BCUT2D eigenvalue weighted by atomic mass is 9.95. The topological polar surface area (TPSA) is 56.5 Å². The molecule has 1 heterocycles. The molecule has 5 nitrogen and oxygen atoms in total. The van der Waals surface area contributed by atoms with E-state index in [1.54, 1.807) is 12.3 Å². The molecule has 4 rings (SSSR count). The number of hydrogen-bond donors (Lipinski definition) is 0. The summed E-state index contributed by atoms with van der Waals surface area (Å²) < 4.78 is 9.70. The highest BCUT2D eigenvalue weighted by Gasteiger charge is 2.23. The van der Waals surface area contributed by atoms with Gasteiger partial charge in [-0.15, -0.1) is 0 Å². The van der Waals surface area contributed by atoms with E-state index in [1.165, 1.54) is 4.68 Å². The van der Waals surface area contributed by atoms with Gasteiger partial charge in [0.25, 0.3) is 5.56 Å². The van der Waals surface area contributed by atoms with Gasteiger partial charge in [-0.1, -0.05) is 60.4 Å². The van der Waals surface area contributed by atoms with Crippen LogP contribution in [0.1, 0.15) is 37.7 Å². The Bertz CT molecular complexity index is 1470. The Morgan fingerprint density at radius 2 is 1.69 bits per heavy atom. The molecular weight excluding hydrogens is 661 g/mol. The third-order valence-electron chi connectivity index (χ3n) is 5.12. The van der Waals surface area contributed by atoms with Gasteiger partial charge in [-0.3, -0.25) is 4.79 Å². The van der Waals surface area contributed by atoms with Crippen LogP contribution in [0.3, 0.4) is 0 Å². The van der Waals surface area contributed by atoms with E-state index >= 15 is 0 Å². The second-order valence-electron chi connectivity index (χ2n) is 8.94. The van der Waals surface area contributed by atoms with E-state index in [-0.39, 0.29) is 5.56 Å². The minimum atomic E-state index is -0.391. The third kappa shape index (κ3) is 6.05. The molecule has 0 atom stereocenters. The minimum Gasteiger partial charge on any atom is -0.487 e. The summed E-state index contributed by atoms with van der Waals surface area (Å²) in [6, 6.07) is 16.8. The van der Waals surface area contributed by atoms with E-state index in [4.69, 9.17) is 21.3 Å². The van der Waals surface area contributed by atoms with E-state index in [2.05, 4.69) is 52.9 Å². The van der Waals surface area contributed by atoms with Gasteiger partial charge >= 0.3 is 0 Å².